The third-order valence-corrected chi connectivity index (χ3v) is 3.06. The lowest BCUT2D eigenvalue weighted by Crippen LogP contribution is -1.92. The minimum Gasteiger partial charge on any atom is -0.497 e. The minimum absolute atomic E-state index is 0.629. The van der Waals surface area contributed by atoms with E-state index in [2.05, 4.69) is 4.98 Å². The normalized spacial score (nSPS) is 10.6. The maximum atomic E-state index is 11.0. The first-order valence-corrected chi connectivity index (χ1v) is 5.89. The second-order valence-corrected chi connectivity index (χ2v) is 4.15. The fraction of sp³-hybridized carbons (Fsp3) is 0.0667. The van der Waals surface area contributed by atoms with E-state index in [1.807, 2.05) is 40.9 Å². The average molecular weight is 252 g/mol. The Hall–Kier alpha value is -2.62. The molecular weight excluding hydrogens is 240 g/mol. The molecule has 0 aliphatic rings. The molecule has 3 rings (SSSR count). The third kappa shape index (κ3) is 1.87. The summed E-state index contributed by atoms with van der Waals surface area (Å²) in [4.78, 5) is 15.4. The molecular formula is C15H12N2O2. The Kier molecular flexibility index (Phi) is 2.76. The van der Waals surface area contributed by atoms with Gasteiger partial charge in [-0.05, 0) is 24.3 Å². The summed E-state index contributed by atoms with van der Waals surface area (Å²) in [6, 6.07) is 11.3. The first-order chi connectivity index (χ1) is 9.33. The molecule has 3 aromatic rings. The molecule has 19 heavy (non-hydrogen) atoms. The van der Waals surface area contributed by atoms with Gasteiger partial charge in [0, 0.05) is 17.3 Å². The van der Waals surface area contributed by atoms with Gasteiger partial charge >= 0.3 is 0 Å². The molecule has 0 N–H and O–H groups in total. The molecule has 0 unspecified atom stereocenters. The first-order valence-electron chi connectivity index (χ1n) is 5.89. The lowest BCUT2D eigenvalue weighted by atomic mass is 10.2. The van der Waals surface area contributed by atoms with Crippen LogP contribution in [0.4, 0.5) is 0 Å². The Bertz CT molecular complexity index is 747. The van der Waals surface area contributed by atoms with Gasteiger partial charge < -0.3 is 4.74 Å². The Morgan fingerprint density at radius 3 is 2.95 bits per heavy atom. The van der Waals surface area contributed by atoms with Gasteiger partial charge in [-0.1, -0.05) is 12.1 Å². The summed E-state index contributed by atoms with van der Waals surface area (Å²) >= 11 is 0. The zero-order valence-corrected chi connectivity index (χ0v) is 10.4. The third-order valence-electron chi connectivity index (χ3n) is 3.06. The van der Waals surface area contributed by atoms with Gasteiger partial charge in [-0.2, -0.15) is 0 Å². The van der Waals surface area contributed by atoms with Crippen LogP contribution >= 0.6 is 0 Å². The molecule has 0 atom stereocenters. The smallest absolute Gasteiger partial charge is 0.152 e. The van der Waals surface area contributed by atoms with E-state index >= 15 is 0 Å². The van der Waals surface area contributed by atoms with Crippen LogP contribution in [-0.4, -0.2) is 22.8 Å². The van der Waals surface area contributed by atoms with Gasteiger partial charge in [0.1, 0.15) is 11.6 Å². The van der Waals surface area contributed by atoms with Crippen molar-refractivity contribution in [3.63, 3.8) is 0 Å². The number of nitrogens with zero attached hydrogens (tertiary/aromatic N) is 2. The lowest BCUT2D eigenvalue weighted by molar-refractivity contribution is 0.112. The number of aldehydes is 1. The number of benzene rings is 1. The van der Waals surface area contributed by atoms with Gasteiger partial charge in [0.15, 0.2) is 6.29 Å². The number of methoxy groups -OCH3 is 1. The predicted octanol–water partition coefficient (Wildman–Crippen LogP) is 2.82. The first kappa shape index (κ1) is 11.5. The molecule has 4 nitrogen and oxygen atoms in total. The number of rotatable bonds is 3. The highest BCUT2D eigenvalue weighted by Crippen LogP contribution is 2.24. The molecule has 0 aliphatic heterocycles. The summed E-state index contributed by atoms with van der Waals surface area (Å²) in [6.45, 7) is 0. The molecule has 0 spiro atoms. The van der Waals surface area contributed by atoms with E-state index in [0.29, 0.717) is 5.56 Å². The van der Waals surface area contributed by atoms with Crippen LogP contribution < -0.4 is 4.74 Å². The number of pyridine rings is 1. The number of hydrogen-bond acceptors (Lipinski definition) is 3. The van der Waals surface area contributed by atoms with E-state index in [0.717, 1.165) is 28.9 Å². The van der Waals surface area contributed by atoms with Crippen LogP contribution in [0.5, 0.6) is 5.75 Å². The highest BCUT2D eigenvalue weighted by Gasteiger charge is 2.09. The van der Waals surface area contributed by atoms with Gasteiger partial charge in [-0.3, -0.25) is 9.20 Å². The number of aromatic nitrogens is 2. The van der Waals surface area contributed by atoms with Crippen molar-refractivity contribution in [2.75, 3.05) is 7.11 Å². The van der Waals surface area contributed by atoms with Crippen LogP contribution in [0.3, 0.4) is 0 Å². The molecule has 2 aromatic heterocycles. The van der Waals surface area contributed by atoms with Gasteiger partial charge in [0.05, 0.1) is 18.8 Å². The topological polar surface area (TPSA) is 43.6 Å². The number of imidazole rings is 1. The van der Waals surface area contributed by atoms with Gasteiger partial charge in [-0.25, -0.2) is 4.98 Å². The van der Waals surface area contributed by atoms with Crippen LogP contribution in [0.1, 0.15) is 10.4 Å². The number of hydrogen-bond donors (Lipinski definition) is 0. The summed E-state index contributed by atoms with van der Waals surface area (Å²) < 4.78 is 7.12. The summed E-state index contributed by atoms with van der Waals surface area (Å²) in [5.41, 5.74) is 2.38. The second-order valence-electron chi connectivity index (χ2n) is 4.15. The Labute approximate surface area is 110 Å². The molecule has 0 radical (unpaired) electrons. The molecule has 4 heteroatoms. The second kappa shape index (κ2) is 4.57. The monoisotopic (exact) mass is 252 g/mol. The average Bonchev–Trinajstić information content (AvgIpc) is 2.91. The highest BCUT2D eigenvalue weighted by atomic mass is 16.5. The summed E-state index contributed by atoms with van der Waals surface area (Å²) in [5, 5.41) is 0. The standard InChI is InChI=1S/C15H12N2O2/c1-19-13-6-2-4-11(8-13)15-16-9-14-12(10-18)5-3-7-17(14)15/h2-10H,1H3. The Morgan fingerprint density at radius 1 is 1.26 bits per heavy atom. The highest BCUT2D eigenvalue weighted by molar-refractivity contribution is 5.86. The van der Waals surface area contributed by atoms with Crippen LogP contribution in [0.15, 0.2) is 48.8 Å². The van der Waals surface area contributed by atoms with E-state index in [1.165, 1.54) is 0 Å². The molecule has 0 aliphatic carbocycles. The molecule has 2 heterocycles. The largest absolute Gasteiger partial charge is 0.497 e. The quantitative estimate of drug-likeness (QED) is 0.673. The van der Waals surface area contributed by atoms with E-state index < -0.39 is 0 Å². The summed E-state index contributed by atoms with van der Waals surface area (Å²) in [7, 11) is 1.63. The van der Waals surface area contributed by atoms with Crippen molar-refractivity contribution >= 4 is 11.8 Å². The zero-order valence-electron chi connectivity index (χ0n) is 10.4. The van der Waals surface area contributed by atoms with Crippen molar-refractivity contribution in [1.29, 1.82) is 0 Å². The Morgan fingerprint density at radius 2 is 2.16 bits per heavy atom. The lowest BCUT2D eigenvalue weighted by Gasteiger charge is -2.04. The van der Waals surface area contributed by atoms with Gasteiger partial charge in [0.25, 0.3) is 0 Å². The fourth-order valence-corrected chi connectivity index (χ4v) is 2.12. The summed E-state index contributed by atoms with van der Waals surface area (Å²) in [6.07, 6.45) is 4.44. The van der Waals surface area contributed by atoms with Crippen molar-refractivity contribution in [2.45, 2.75) is 0 Å². The molecule has 1 aromatic carbocycles. The molecule has 0 saturated heterocycles. The summed E-state index contributed by atoms with van der Waals surface area (Å²) in [5.74, 6) is 1.57. The van der Waals surface area contributed by atoms with Crippen molar-refractivity contribution < 1.29 is 9.53 Å². The minimum atomic E-state index is 0.629. The van der Waals surface area contributed by atoms with E-state index in [1.54, 1.807) is 19.4 Å². The van der Waals surface area contributed by atoms with Gasteiger partial charge in [0.2, 0.25) is 0 Å². The SMILES string of the molecule is COc1cccc(-c2ncc3c(C=O)cccn23)c1. The van der Waals surface area contributed by atoms with E-state index in [-0.39, 0.29) is 0 Å². The van der Waals surface area contributed by atoms with Crippen molar-refractivity contribution in [2.24, 2.45) is 0 Å². The number of carbonyl (C=O) groups excluding carboxylic acids is 1. The predicted molar refractivity (Wildman–Crippen MR) is 72.6 cm³/mol. The van der Waals surface area contributed by atoms with Gasteiger partial charge in [-0.15, -0.1) is 0 Å². The fourth-order valence-electron chi connectivity index (χ4n) is 2.12. The van der Waals surface area contributed by atoms with Crippen LogP contribution in [0, 0.1) is 0 Å². The molecule has 94 valence electrons. The number of ether oxygens (including phenoxy) is 1. The Balaban J connectivity index is 2.22. The number of fused-ring (bicyclic) bond motifs is 1. The number of carbonyl (C=O) groups is 1. The van der Waals surface area contributed by atoms with Crippen LogP contribution in [0.2, 0.25) is 0 Å². The van der Waals surface area contributed by atoms with Crippen LogP contribution in [0.25, 0.3) is 16.9 Å². The maximum Gasteiger partial charge on any atom is 0.152 e. The maximum absolute atomic E-state index is 11.0. The van der Waals surface area contributed by atoms with E-state index in [4.69, 9.17) is 4.74 Å². The molecule has 0 bridgehead atoms. The molecule has 0 fully saturated rings. The molecule has 0 amide bonds. The van der Waals surface area contributed by atoms with Crippen molar-refractivity contribution in [3.05, 3.63) is 54.4 Å². The zero-order chi connectivity index (χ0) is 13.2. The van der Waals surface area contributed by atoms with Crippen molar-refractivity contribution in [1.82, 2.24) is 9.38 Å². The molecule has 0 saturated carbocycles. The van der Waals surface area contributed by atoms with Crippen LogP contribution in [-0.2, 0) is 0 Å². The van der Waals surface area contributed by atoms with E-state index in [9.17, 15) is 4.79 Å². The van der Waals surface area contributed by atoms with Crippen molar-refractivity contribution in [3.8, 4) is 17.1 Å².